The molecule has 2 heterocycles. The molecule has 0 saturated carbocycles. The lowest BCUT2D eigenvalue weighted by Gasteiger charge is -2.10. The van der Waals surface area contributed by atoms with Gasteiger partial charge in [-0.3, -0.25) is 9.97 Å². The van der Waals surface area contributed by atoms with Gasteiger partial charge in [-0.2, -0.15) is 0 Å². The molecule has 4 nitrogen and oxygen atoms in total. The maximum Gasteiger partial charge on any atom is 0.187 e. The Morgan fingerprint density at radius 3 is 2.56 bits per heavy atom. The normalized spacial score (nSPS) is 9.88. The highest BCUT2D eigenvalue weighted by Gasteiger charge is 2.12. The first-order valence-corrected chi connectivity index (χ1v) is 4.84. The van der Waals surface area contributed by atoms with Crippen LogP contribution in [0.4, 0.5) is 0 Å². The lowest BCUT2D eigenvalue weighted by molar-refractivity contribution is 0.354. The van der Waals surface area contributed by atoms with Crippen LogP contribution in [0, 0.1) is 0 Å². The molecule has 0 aliphatic heterocycles. The van der Waals surface area contributed by atoms with Crippen LogP contribution in [0.1, 0.15) is 0 Å². The van der Waals surface area contributed by atoms with Gasteiger partial charge in [0.25, 0.3) is 0 Å². The maximum atomic E-state index is 5.31. The molecule has 0 aromatic carbocycles. The second-order valence-electron chi connectivity index (χ2n) is 3.14. The summed E-state index contributed by atoms with van der Waals surface area (Å²) in [4.78, 5) is 8.34. The van der Waals surface area contributed by atoms with E-state index in [1.807, 2.05) is 12.1 Å². The summed E-state index contributed by atoms with van der Waals surface area (Å²) >= 11 is 0. The van der Waals surface area contributed by atoms with Gasteiger partial charge in [-0.15, -0.1) is 0 Å². The molecular formula is C12H12N2O2. The summed E-state index contributed by atoms with van der Waals surface area (Å²) < 4.78 is 10.5. The Hall–Kier alpha value is -2.10. The molecule has 0 aliphatic carbocycles. The van der Waals surface area contributed by atoms with Gasteiger partial charge in [0, 0.05) is 30.2 Å². The summed E-state index contributed by atoms with van der Waals surface area (Å²) in [6.07, 6.45) is 5.14. The van der Waals surface area contributed by atoms with E-state index in [-0.39, 0.29) is 0 Å². The second kappa shape index (κ2) is 4.61. The van der Waals surface area contributed by atoms with Crippen molar-refractivity contribution >= 4 is 0 Å². The highest BCUT2D eigenvalue weighted by atomic mass is 16.5. The smallest absolute Gasteiger partial charge is 0.187 e. The van der Waals surface area contributed by atoms with Crippen molar-refractivity contribution in [2.75, 3.05) is 14.2 Å². The predicted octanol–water partition coefficient (Wildman–Crippen LogP) is 2.16. The number of rotatable bonds is 3. The fraction of sp³-hybridized carbons (Fsp3) is 0.167. The minimum absolute atomic E-state index is 0.623. The van der Waals surface area contributed by atoms with Crippen LogP contribution in [-0.4, -0.2) is 24.2 Å². The van der Waals surface area contributed by atoms with Crippen molar-refractivity contribution in [2.45, 2.75) is 0 Å². The van der Waals surface area contributed by atoms with E-state index in [0.717, 1.165) is 11.3 Å². The largest absolute Gasteiger partial charge is 0.493 e. The molecule has 0 N–H and O–H groups in total. The Bertz CT molecular complexity index is 472. The van der Waals surface area contributed by atoms with Crippen LogP contribution in [0.15, 0.2) is 36.8 Å². The molecule has 0 aliphatic rings. The van der Waals surface area contributed by atoms with Crippen molar-refractivity contribution in [3.05, 3.63) is 36.8 Å². The zero-order valence-corrected chi connectivity index (χ0v) is 9.18. The van der Waals surface area contributed by atoms with E-state index < -0.39 is 0 Å². The number of aromatic nitrogens is 2. The Labute approximate surface area is 93.9 Å². The van der Waals surface area contributed by atoms with Gasteiger partial charge in [0.2, 0.25) is 0 Å². The molecule has 0 amide bonds. The Balaban J connectivity index is 2.57. The minimum Gasteiger partial charge on any atom is -0.493 e. The van der Waals surface area contributed by atoms with Crippen LogP contribution in [-0.2, 0) is 0 Å². The van der Waals surface area contributed by atoms with E-state index >= 15 is 0 Å². The molecule has 0 saturated heterocycles. The van der Waals surface area contributed by atoms with Gasteiger partial charge in [0.1, 0.15) is 5.69 Å². The summed E-state index contributed by atoms with van der Waals surface area (Å²) in [5, 5.41) is 0. The van der Waals surface area contributed by atoms with Gasteiger partial charge in [-0.1, -0.05) is 0 Å². The zero-order valence-electron chi connectivity index (χ0n) is 9.18. The van der Waals surface area contributed by atoms with Crippen LogP contribution in [0.25, 0.3) is 11.3 Å². The summed E-state index contributed by atoms with van der Waals surface area (Å²) in [6, 6.07) is 5.55. The van der Waals surface area contributed by atoms with Crippen LogP contribution >= 0.6 is 0 Å². The molecule has 2 aromatic heterocycles. The predicted molar refractivity (Wildman–Crippen MR) is 60.6 cm³/mol. The third-order valence-electron chi connectivity index (χ3n) is 2.23. The van der Waals surface area contributed by atoms with Gasteiger partial charge >= 0.3 is 0 Å². The molecule has 16 heavy (non-hydrogen) atoms. The average molecular weight is 216 g/mol. The number of hydrogen-bond acceptors (Lipinski definition) is 4. The molecule has 0 radical (unpaired) electrons. The topological polar surface area (TPSA) is 44.2 Å². The number of pyridine rings is 2. The zero-order chi connectivity index (χ0) is 11.4. The number of methoxy groups -OCH3 is 2. The van der Waals surface area contributed by atoms with Gasteiger partial charge in [0.15, 0.2) is 11.5 Å². The first kappa shape index (κ1) is 10.4. The van der Waals surface area contributed by atoms with E-state index in [9.17, 15) is 0 Å². The van der Waals surface area contributed by atoms with Crippen molar-refractivity contribution in [3.8, 4) is 22.8 Å². The Morgan fingerprint density at radius 2 is 1.94 bits per heavy atom. The maximum absolute atomic E-state index is 5.31. The molecule has 0 fully saturated rings. The van der Waals surface area contributed by atoms with E-state index in [4.69, 9.17) is 9.47 Å². The first-order chi connectivity index (χ1) is 7.86. The number of nitrogens with zero attached hydrogens (tertiary/aromatic N) is 2. The SMILES string of the molecule is COc1ccnc(-c2cccnc2)c1OC. The summed E-state index contributed by atoms with van der Waals surface area (Å²) in [5.74, 6) is 1.29. The van der Waals surface area contributed by atoms with Gasteiger partial charge in [-0.05, 0) is 12.1 Å². The number of hydrogen-bond donors (Lipinski definition) is 0. The Morgan fingerprint density at radius 1 is 1.06 bits per heavy atom. The summed E-state index contributed by atoms with van der Waals surface area (Å²) in [5.41, 5.74) is 1.63. The fourth-order valence-electron chi connectivity index (χ4n) is 1.50. The molecule has 0 atom stereocenters. The van der Waals surface area contributed by atoms with Crippen molar-refractivity contribution in [1.82, 2.24) is 9.97 Å². The van der Waals surface area contributed by atoms with E-state index in [1.54, 1.807) is 38.9 Å². The van der Waals surface area contributed by atoms with Crippen LogP contribution in [0.3, 0.4) is 0 Å². The third kappa shape index (κ3) is 1.82. The molecule has 2 rings (SSSR count). The molecular weight excluding hydrogens is 204 g/mol. The lowest BCUT2D eigenvalue weighted by Crippen LogP contribution is -1.95. The van der Waals surface area contributed by atoms with Crippen molar-refractivity contribution in [1.29, 1.82) is 0 Å². The quantitative estimate of drug-likeness (QED) is 0.788. The van der Waals surface area contributed by atoms with Gasteiger partial charge in [-0.25, -0.2) is 0 Å². The molecule has 0 bridgehead atoms. The van der Waals surface area contributed by atoms with Gasteiger partial charge < -0.3 is 9.47 Å². The van der Waals surface area contributed by atoms with Crippen LogP contribution in [0.5, 0.6) is 11.5 Å². The van der Waals surface area contributed by atoms with Crippen molar-refractivity contribution < 1.29 is 9.47 Å². The van der Waals surface area contributed by atoms with Crippen LogP contribution < -0.4 is 9.47 Å². The van der Waals surface area contributed by atoms with Gasteiger partial charge in [0.05, 0.1) is 14.2 Å². The standard InChI is InChI=1S/C12H12N2O2/c1-15-10-5-7-14-11(12(10)16-2)9-4-3-6-13-8-9/h3-8H,1-2H3. The van der Waals surface area contributed by atoms with E-state index in [2.05, 4.69) is 9.97 Å². The fourth-order valence-corrected chi connectivity index (χ4v) is 1.50. The lowest BCUT2D eigenvalue weighted by atomic mass is 10.1. The number of ether oxygens (including phenoxy) is 2. The monoisotopic (exact) mass is 216 g/mol. The summed E-state index contributed by atoms with van der Waals surface area (Å²) in [6.45, 7) is 0. The van der Waals surface area contributed by atoms with Crippen LogP contribution in [0.2, 0.25) is 0 Å². The summed E-state index contributed by atoms with van der Waals surface area (Å²) in [7, 11) is 3.20. The van der Waals surface area contributed by atoms with Crippen molar-refractivity contribution in [2.24, 2.45) is 0 Å². The molecule has 0 spiro atoms. The second-order valence-corrected chi connectivity index (χ2v) is 3.14. The highest BCUT2D eigenvalue weighted by molar-refractivity contribution is 5.68. The third-order valence-corrected chi connectivity index (χ3v) is 2.23. The van der Waals surface area contributed by atoms with E-state index in [1.165, 1.54) is 0 Å². The highest BCUT2D eigenvalue weighted by Crippen LogP contribution is 2.35. The van der Waals surface area contributed by atoms with E-state index in [0.29, 0.717) is 11.5 Å². The van der Waals surface area contributed by atoms with Crippen molar-refractivity contribution in [3.63, 3.8) is 0 Å². The molecule has 82 valence electrons. The average Bonchev–Trinajstić information content (AvgIpc) is 2.38. The molecule has 0 unspecified atom stereocenters. The molecule has 4 heteroatoms. The first-order valence-electron chi connectivity index (χ1n) is 4.84. The minimum atomic E-state index is 0.623. The molecule has 2 aromatic rings. The Kier molecular flexibility index (Phi) is 3.00.